The summed E-state index contributed by atoms with van der Waals surface area (Å²) in [5.41, 5.74) is 0.0709. The first-order valence-corrected chi connectivity index (χ1v) is 9.45. The molecule has 0 bridgehead atoms. The molecule has 1 unspecified atom stereocenters. The molecular formula is C21H19Cl2N3O2. The Labute approximate surface area is 174 Å². The molecule has 1 heterocycles. The Morgan fingerprint density at radius 1 is 1.14 bits per heavy atom. The number of halogens is 2. The molecule has 0 spiro atoms. The van der Waals surface area contributed by atoms with Crippen LogP contribution >= 0.6 is 23.2 Å². The number of ether oxygens (including phenoxy) is 2. The number of hydrogen-bond acceptors (Lipinski definition) is 4. The van der Waals surface area contributed by atoms with Crippen LogP contribution in [-0.4, -0.2) is 21.4 Å². The van der Waals surface area contributed by atoms with Crippen LogP contribution in [0.4, 0.5) is 0 Å². The first-order valence-electron chi connectivity index (χ1n) is 8.69. The molecule has 0 amide bonds. The van der Waals surface area contributed by atoms with Gasteiger partial charge in [0.25, 0.3) is 0 Å². The molecule has 5 nitrogen and oxygen atoms in total. The molecule has 3 rings (SSSR count). The summed E-state index contributed by atoms with van der Waals surface area (Å²) in [5, 5.41) is 5.35. The smallest absolute Gasteiger partial charge is 0.137 e. The lowest BCUT2D eigenvalue weighted by Gasteiger charge is -2.33. The second-order valence-corrected chi connectivity index (χ2v) is 6.97. The quantitative estimate of drug-likeness (QED) is 0.466. The van der Waals surface area contributed by atoms with Gasteiger partial charge in [0.05, 0.1) is 11.6 Å². The minimum absolute atomic E-state index is 0.155. The highest BCUT2D eigenvalue weighted by Gasteiger charge is 2.34. The molecular weight excluding hydrogens is 397 g/mol. The Bertz CT molecular complexity index is 953. The van der Waals surface area contributed by atoms with Gasteiger partial charge in [-0.15, -0.1) is 6.42 Å². The molecule has 0 aliphatic heterocycles. The molecule has 1 atom stereocenters. The summed E-state index contributed by atoms with van der Waals surface area (Å²) >= 11 is 12.5. The second kappa shape index (κ2) is 9.11. The summed E-state index contributed by atoms with van der Waals surface area (Å²) in [6, 6.07) is 12.6. The average molecular weight is 416 g/mol. The van der Waals surface area contributed by atoms with Crippen LogP contribution in [0.5, 0.6) is 11.5 Å². The second-order valence-electron chi connectivity index (χ2n) is 6.13. The zero-order valence-corrected chi connectivity index (χ0v) is 16.8. The van der Waals surface area contributed by atoms with Gasteiger partial charge in [-0.25, -0.2) is 9.67 Å². The van der Waals surface area contributed by atoms with Crippen LogP contribution in [0.3, 0.4) is 0 Å². The fraction of sp³-hybridized carbons (Fsp3) is 0.238. The molecule has 0 radical (unpaired) electrons. The predicted octanol–water partition coefficient (Wildman–Crippen LogP) is 5.33. The van der Waals surface area contributed by atoms with Crippen LogP contribution < -0.4 is 4.74 Å². The maximum Gasteiger partial charge on any atom is 0.137 e. The lowest BCUT2D eigenvalue weighted by molar-refractivity contribution is -0.0524. The van der Waals surface area contributed by atoms with Gasteiger partial charge in [-0.2, -0.15) is 5.10 Å². The van der Waals surface area contributed by atoms with E-state index in [1.54, 1.807) is 41.3 Å². The number of aromatic nitrogens is 3. The van der Waals surface area contributed by atoms with Crippen LogP contribution in [0.15, 0.2) is 55.1 Å². The summed E-state index contributed by atoms with van der Waals surface area (Å²) in [7, 11) is 0. The average Bonchev–Trinajstić information content (AvgIpc) is 3.20. The van der Waals surface area contributed by atoms with Crippen molar-refractivity contribution < 1.29 is 9.47 Å². The lowest BCUT2D eigenvalue weighted by Crippen LogP contribution is -2.35. The summed E-state index contributed by atoms with van der Waals surface area (Å²) in [6.45, 7) is 2.60. The number of terminal acetylenes is 1. The number of nitrogens with zero attached hydrogens (tertiary/aromatic N) is 3. The van der Waals surface area contributed by atoms with Crippen LogP contribution in [0.1, 0.15) is 18.9 Å². The van der Waals surface area contributed by atoms with Gasteiger partial charge in [-0.3, -0.25) is 0 Å². The molecule has 0 N–H and O–H groups in total. The molecule has 1 aromatic heterocycles. The van der Waals surface area contributed by atoms with E-state index in [2.05, 4.69) is 16.0 Å². The predicted molar refractivity (Wildman–Crippen MR) is 110 cm³/mol. The third-order valence-electron chi connectivity index (χ3n) is 4.37. The monoisotopic (exact) mass is 415 g/mol. The largest absolute Gasteiger partial charge is 0.457 e. The van der Waals surface area contributed by atoms with E-state index in [9.17, 15) is 0 Å². The van der Waals surface area contributed by atoms with Crippen molar-refractivity contribution in [1.29, 1.82) is 0 Å². The van der Waals surface area contributed by atoms with Crippen LogP contribution in [0, 0.1) is 12.3 Å². The standard InChI is InChI=1S/C21H19Cl2N3O2/c1-3-11-27-21(4-2,13-26-15-24-14-25-26)19-10-9-18(12-20(19)23)28-17-7-5-16(22)6-8-17/h1,5-10,12,14-15H,4,11,13H2,2H3. The topological polar surface area (TPSA) is 49.2 Å². The van der Waals surface area contributed by atoms with Crippen molar-refractivity contribution in [1.82, 2.24) is 14.8 Å². The van der Waals surface area contributed by atoms with Crippen LogP contribution in [-0.2, 0) is 16.9 Å². The van der Waals surface area contributed by atoms with Gasteiger partial charge in [-0.1, -0.05) is 42.1 Å². The highest BCUT2D eigenvalue weighted by molar-refractivity contribution is 6.31. The van der Waals surface area contributed by atoms with E-state index in [0.29, 0.717) is 34.5 Å². The Hall–Kier alpha value is -2.52. The third-order valence-corrected chi connectivity index (χ3v) is 4.93. The van der Waals surface area contributed by atoms with Crippen molar-refractivity contribution in [3.63, 3.8) is 0 Å². The number of benzene rings is 2. The third kappa shape index (κ3) is 4.66. The highest BCUT2D eigenvalue weighted by Crippen LogP contribution is 2.38. The van der Waals surface area contributed by atoms with Crippen molar-refractivity contribution >= 4 is 23.2 Å². The Morgan fingerprint density at radius 2 is 1.89 bits per heavy atom. The van der Waals surface area contributed by atoms with Gasteiger partial charge < -0.3 is 9.47 Å². The molecule has 0 aliphatic carbocycles. The first-order chi connectivity index (χ1) is 13.6. The van der Waals surface area contributed by atoms with Gasteiger partial charge >= 0.3 is 0 Å². The van der Waals surface area contributed by atoms with E-state index in [4.69, 9.17) is 39.1 Å². The van der Waals surface area contributed by atoms with E-state index >= 15 is 0 Å². The minimum Gasteiger partial charge on any atom is -0.457 e. The molecule has 28 heavy (non-hydrogen) atoms. The molecule has 7 heteroatoms. The van der Waals surface area contributed by atoms with Gasteiger partial charge in [0.2, 0.25) is 0 Å². The van der Waals surface area contributed by atoms with Crippen LogP contribution in [0.2, 0.25) is 10.0 Å². The van der Waals surface area contributed by atoms with Crippen molar-refractivity contribution in [2.24, 2.45) is 0 Å². The van der Waals surface area contributed by atoms with E-state index in [-0.39, 0.29) is 6.61 Å². The number of hydrogen-bond donors (Lipinski definition) is 0. The minimum atomic E-state index is -0.740. The van der Waals surface area contributed by atoms with Crippen molar-refractivity contribution in [2.45, 2.75) is 25.5 Å². The first kappa shape index (κ1) is 20.2. The van der Waals surface area contributed by atoms with Crippen molar-refractivity contribution in [2.75, 3.05) is 6.61 Å². The van der Waals surface area contributed by atoms with Crippen LogP contribution in [0.25, 0.3) is 0 Å². The Balaban J connectivity index is 1.91. The fourth-order valence-corrected chi connectivity index (χ4v) is 3.41. The normalized spacial score (nSPS) is 12.9. The zero-order valence-electron chi connectivity index (χ0n) is 15.3. The maximum absolute atomic E-state index is 6.62. The lowest BCUT2D eigenvalue weighted by atomic mass is 9.90. The summed E-state index contributed by atoms with van der Waals surface area (Å²) < 4.78 is 13.6. The summed E-state index contributed by atoms with van der Waals surface area (Å²) in [5.74, 6) is 3.81. The van der Waals surface area contributed by atoms with E-state index in [1.165, 1.54) is 6.33 Å². The SMILES string of the molecule is C#CCOC(CC)(Cn1cncn1)c1ccc(Oc2ccc(Cl)cc2)cc1Cl. The zero-order chi connectivity index (χ0) is 20.0. The molecule has 3 aromatic rings. The van der Waals surface area contributed by atoms with Gasteiger partial charge in [0.15, 0.2) is 0 Å². The summed E-state index contributed by atoms with van der Waals surface area (Å²) in [6.07, 6.45) is 9.19. The Kier molecular flexibility index (Phi) is 6.58. The van der Waals surface area contributed by atoms with Gasteiger partial charge in [0, 0.05) is 10.6 Å². The van der Waals surface area contributed by atoms with Crippen molar-refractivity contribution in [3.05, 3.63) is 70.7 Å². The van der Waals surface area contributed by atoms with E-state index < -0.39 is 5.60 Å². The molecule has 0 saturated carbocycles. The fourth-order valence-electron chi connectivity index (χ4n) is 2.94. The Morgan fingerprint density at radius 3 is 2.50 bits per heavy atom. The van der Waals surface area contributed by atoms with Gasteiger partial charge in [-0.05, 0) is 42.8 Å². The molecule has 144 valence electrons. The van der Waals surface area contributed by atoms with E-state index in [0.717, 1.165) is 5.56 Å². The van der Waals surface area contributed by atoms with Gasteiger partial charge in [0.1, 0.15) is 36.4 Å². The van der Waals surface area contributed by atoms with E-state index in [1.807, 2.05) is 19.1 Å². The molecule has 2 aromatic carbocycles. The summed E-state index contributed by atoms with van der Waals surface area (Å²) in [4.78, 5) is 4.00. The highest BCUT2D eigenvalue weighted by atomic mass is 35.5. The maximum atomic E-state index is 6.62. The molecule has 0 saturated heterocycles. The number of rotatable bonds is 8. The molecule has 0 fully saturated rings. The van der Waals surface area contributed by atoms with Crippen molar-refractivity contribution in [3.8, 4) is 23.8 Å². The molecule has 0 aliphatic rings.